The van der Waals surface area contributed by atoms with Crippen LogP contribution < -0.4 is 10.6 Å². The molecule has 1 unspecified atom stereocenters. The largest absolute Gasteiger partial charge is 0.382 e. The van der Waals surface area contributed by atoms with Crippen molar-refractivity contribution in [2.24, 2.45) is 4.99 Å². The first-order valence-corrected chi connectivity index (χ1v) is 9.66. The number of hydrogen-bond acceptors (Lipinski definition) is 3. The third-order valence-corrected chi connectivity index (χ3v) is 4.54. The smallest absolute Gasteiger partial charge is 0.191 e. The molecule has 0 amide bonds. The summed E-state index contributed by atoms with van der Waals surface area (Å²) in [6.45, 7) is 5.10. The Morgan fingerprint density at radius 2 is 1.88 bits per heavy atom. The molecule has 0 heterocycles. The molecule has 0 spiro atoms. The zero-order chi connectivity index (χ0) is 16.8. The summed E-state index contributed by atoms with van der Waals surface area (Å²) in [7, 11) is 0.884. The maximum absolute atomic E-state index is 12.0. The molecule has 0 aromatic heterocycles. The second-order valence-electron chi connectivity index (χ2n) is 5.10. The number of guanidine groups is 1. The molecule has 1 aromatic carbocycles. The van der Waals surface area contributed by atoms with E-state index in [-0.39, 0.29) is 24.0 Å². The molecule has 1 aromatic rings. The number of aliphatic imine (C=N–C) groups is 1. The molecule has 7 heteroatoms. The van der Waals surface area contributed by atoms with Crippen LogP contribution in [0.5, 0.6) is 0 Å². The zero-order valence-corrected chi connectivity index (χ0v) is 17.8. The maximum Gasteiger partial charge on any atom is 0.191 e. The Kier molecular flexibility index (Phi) is 15.4. The van der Waals surface area contributed by atoms with Gasteiger partial charge in [-0.15, -0.1) is 24.0 Å². The van der Waals surface area contributed by atoms with Crippen molar-refractivity contribution in [2.75, 3.05) is 39.1 Å². The van der Waals surface area contributed by atoms with Gasteiger partial charge in [0.1, 0.15) is 0 Å². The number of rotatable bonds is 11. The molecule has 1 rings (SSSR count). The Hall–Kier alpha value is -0.670. The number of unbranched alkanes of at least 4 members (excludes halogenated alkanes) is 1. The van der Waals surface area contributed by atoms with Crippen LogP contribution in [0.15, 0.2) is 35.3 Å². The molecule has 0 aliphatic heterocycles. The highest BCUT2D eigenvalue weighted by atomic mass is 127. The molecule has 138 valence electrons. The number of benzene rings is 1. The van der Waals surface area contributed by atoms with Gasteiger partial charge in [0.2, 0.25) is 0 Å². The Balaban J connectivity index is 0.00000529. The van der Waals surface area contributed by atoms with Crippen LogP contribution in [-0.4, -0.2) is 49.3 Å². The fourth-order valence-corrected chi connectivity index (χ4v) is 3.05. The van der Waals surface area contributed by atoms with Crippen molar-refractivity contribution < 1.29 is 8.95 Å². The van der Waals surface area contributed by atoms with E-state index in [0.717, 1.165) is 44.1 Å². The molecule has 5 nitrogen and oxygen atoms in total. The van der Waals surface area contributed by atoms with Crippen molar-refractivity contribution in [1.82, 2.24) is 10.6 Å². The van der Waals surface area contributed by atoms with Crippen LogP contribution in [-0.2, 0) is 21.3 Å². The normalized spacial score (nSPS) is 12.3. The third-order valence-electron chi connectivity index (χ3n) is 3.23. The van der Waals surface area contributed by atoms with Gasteiger partial charge in [-0.3, -0.25) is 9.20 Å². The van der Waals surface area contributed by atoms with Gasteiger partial charge < -0.3 is 15.4 Å². The summed E-state index contributed by atoms with van der Waals surface area (Å²) in [5.41, 5.74) is 1.11. The second kappa shape index (κ2) is 15.8. The summed E-state index contributed by atoms with van der Waals surface area (Å²) in [6.07, 6.45) is 2.08. The monoisotopic (exact) mass is 467 g/mol. The number of halogens is 1. The van der Waals surface area contributed by atoms with Gasteiger partial charge >= 0.3 is 0 Å². The molecule has 2 N–H and O–H groups in total. The molecule has 0 aliphatic rings. The summed E-state index contributed by atoms with van der Waals surface area (Å²) < 4.78 is 17.3. The zero-order valence-electron chi connectivity index (χ0n) is 14.6. The van der Waals surface area contributed by atoms with E-state index >= 15 is 0 Å². The quantitative estimate of drug-likeness (QED) is 0.227. The molecular weight excluding hydrogens is 437 g/mol. The molecule has 1 atom stereocenters. The molecule has 0 aliphatic carbocycles. The number of hydrogen-bond donors (Lipinski definition) is 2. The minimum Gasteiger partial charge on any atom is -0.382 e. The Morgan fingerprint density at radius 3 is 2.54 bits per heavy atom. The summed E-state index contributed by atoms with van der Waals surface area (Å²) in [5, 5.41) is 6.46. The van der Waals surface area contributed by atoms with E-state index in [1.54, 1.807) is 7.05 Å². The fraction of sp³-hybridized carbons (Fsp3) is 0.588. The topological polar surface area (TPSA) is 62.7 Å². The highest BCUT2D eigenvalue weighted by Gasteiger charge is 2.02. The van der Waals surface area contributed by atoms with Crippen molar-refractivity contribution in [1.29, 1.82) is 0 Å². The Bertz CT molecular complexity index is 472. The number of nitrogens with zero attached hydrogens (tertiary/aromatic N) is 1. The van der Waals surface area contributed by atoms with E-state index < -0.39 is 10.8 Å². The van der Waals surface area contributed by atoms with Gasteiger partial charge in [-0.25, -0.2) is 0 Å². The molecule has 0 radical (unpaired) electrons. The molecule has 0 saturated heterocycles. The van der Waals surface area contributed by atoms with Gasteiger partial charge in [-0.05, 0) is 25.3 Å². The van der Waals surface area contributed by atoms with Gasteiger partial charge in [-0.1, -0.05) is 30.3 Å². The lowest BCUT2D eigenvalue weighted by Gasteiger charge is -2.11. The standard InChI is InChI=1S/C17H29N3O2S.HI/c1-3-22-13-8-7-11-19-17(18-2)20-12-14-23(21)15-16-9-5-4-6-10-16;/h4-6,9-10H,3,7-8,11-15H2,1-2H3,(H2,18,19,20);1H. The van der Waals surface area contributed by atoms with Gasteiger partial charge in [0.25, 0.3) is 0 Å². The predicted octanol–water partition coefficient (Wildman–Crippen LogP) is 2.54. The van der Waals surface area contributed by atoms with E-state index in [9.17, 15) is 4.21 Å². The van der Waals surface area contributed by atoms with Crippen molar-refractivity contribution in [3.8, 4) is 0 Å². The summed E-state index contributed by atoms with van der Waals surface area (Å²) >= 11 is 0. The van der Waals surface area contributed by atoms with Crippen molar-refractivity contribution in [2.45, 2.75) is 25.5 Å². The highest BCUT2D eigenvalue weighted by molar-refractivity contribution is 14.0. The molecule has 0 saturated carbocycles. The van der Waals surface area contributed by atoms with Gasteiger partial charge in [0.05, 0.1) is 0 Å². The third kappa shape index (κ3) is 11.8. The van der Waals surface area contributed by atoms with E-state index in [1.807, 2.05) is 37.3 Å². The summed E-state index contributed by atoms with van der Waals surface area (Å²) in [4.78, 5) is 4.17. The summed E-state index contributed by atoms with van der Waals surface area (Å²) in [5.74, 6) is 1.98. The second-order valence-corrected chi connectivity index (χ2v) is 6.68. The molecule has 0 bridgehead atoms. The lowest BCUT2D eigenvalue weighted by atomic mass is 10.2. The van der Waals surface area contributed by atoms with Crippen molar-refractivity contribution in [3.63, 3.8) is 0 Å². The minimum absolute atomic E-state index is 0. The minimum atomic E-state index is -0.862. The molecule has 24 heavy (non-hydrogen) atoms. The summed E-state index contributed by atoms with van der Waals surface area (Å²) in [6, 6.07) is 9.93. The first-order chi connectivity index (χ1) is 11.3. The van der Waals surface area contributed by atoms with Crippen LogP contribution in [0.3, 0.4) is 0 Å². The first-order valence-electron chi connectivity index (χ1n) is 8.17. The molecule has 0 fully saturated rings. The predicted molar refractivity (Wildman–Crippen MR) is 114 cm³/mol. The Labute approximate surface area is 165 Å². The van der Waals surface area contributed by atoms with Gasteiger partial charge in [-0.2, -0.15) is 0 Å². The van der Waals surface area contributed by atoms with E-state index in [4.69, 9.17) is 4.74 Å². The number of nitrogens with one attached hydrogen (secondary N) is 2. The van der Waals surface area contributed by atoms with Crippen LogP contribution >= 0.6 is 24.0 Å². The first kappa shape index (κ1) is 23.3. The van der Waals surface area contributed by atoms with Crippen LogP contribution in [0.25, 0.3) is 0 Å². The van der Waals surface area contributed by atoms with E-state index in [1.165, 1.54) is 0 Å². The Morgan fingerprint density at radius 1 is 1.17 bits per heavy atom. The van der Waals surface area contributed by atoms with E-state index in [2.05, 4.69) is 15.6 Å². The van der Waals surface area contributed by atoms with Crippen LogP contribution in [0, 0.1) is 0 Å². The fourth-order valence-electron chi connectivity index (χ4n) is 2.02. The maximum atomic E-state index is 12.0. The van der Waals surface area contributed by atoms with Crippen LogP contribution in [0.4, 0.5) is 0 Å². The van der Waals surface area contributed by atoms with E-state index in [0.29, 0.717) is 18.1 Å². The average Bonchev–Trinajstić information content (AvgIpc) is 2.57. The lowest BCUT2D eigenvalue weighted by molar-refractivity contribution is 0.143. The molecular formula is C17H30IN3O2S. The van der Waals surface area contributed by atoms with Crippen LogP contribution in [0.2, 0.25) is 0 Å². The van der Waals surface area contributed by atoms with Crippen molar-refractivity contribution >= 4 is 40.7 Å². The van der Waals surface area contributed by atoms with Crippen molar-refractivity contribution in [3.05, 3.63) is 35.9 Å². The SMILES string of the molecule is CCOCCCCNC(=NC)NCCS(=O)Cc1ccccc1.I. The number of ether oxygens (including phenoxy) is 1. The highest BCUT2D eigenvalue weighted by Crippen LogP contribution is 2.02. The average molecular weight is 467 g/mol. The lowest BCUT2D eigenvalue weighted by Crippen LogP contribution is -2.39. The van der Waals surface area contributed by atoms with Gasteiger partial charge in [0.15, 0.2) is 5.96 Å². The van der Waals surface area contributed by atoms with Crippen LogP contribution in [0.1, 0.15) is 25.3 Å². The van der Waals surface area contributed by atoms with Gasteiger partial charge in [0, 0.05) is 55.7 Å².